The van der Waals surface area contributed by atoms with Gasteiger partial charge in [0.2, 0.25) is 0 Å². The number of hydrogen-bond acceptors (Lipinski definition) is 5. The molecule has 4 rings (SSSR count). The molecule has 2 fully saturated rings. The zero-order valence-electron chi connectivity index (χ0n) is 11.8. The molecule has 2 aliphatic heterocycles. The van der Waals surface area contributed by atoms with Crippen molar-refractivity contribution in [3.63, 3.8) is 0 Å². The Bertz CT molecular complexity index is 839. The number of thioether (sulfide) groups is 1. The van der Waals surface area contributed by atoms with E-state index in [0.717, 1.165) is 5.75 Å². The molecule has 1 aliphatic carbocycles. The minimum absolute atomic E-state index is 0.270. The maximum Gasteiger partial charge on any atom is 0.277 e. The van der Waals surface area contributed by atoms with Gasteiger partial charge < -0.3 is 4.74 Å². The van der Waals surface area contributed by atoms with E-state index in [4.69, 9.17) is 33.7 Å². The smallest absolute Gasteiger partial charge is 0.277 e. The molecule has 0 amide bonds. The fourth-order valence-electron chi connectivity index (χ4n) is 4.02. The molecule has 2 heterocycles. The number of fused-ring (bicyclic) bond motifs is 2. The van der Waals surface area contributed by atoms with E-state index in [-0.39, 0.29) is 5.84 Å². The SMILES string of the molecule is N#C[C@@]12[C@@H](c3ccc(Cl)cc3Cl)[C@]1(C#N)C(N)=[NH+][C@@]21OCCS1. The third-order valence-electron chi connectivity index (χ3n) is 4.97. The van der Waals surface area contributed by atoms with E-state index >= 15 is 0 Å². The third kappa shape index (κ3) is 1.46. The predicted molar refractivity (Wildman–Crippen MR) is 86.6 cm³/mol. The normalized spacial score (nSPS) is 40.3. The molecule has 5 nitrogen and oxygen atoms in total. The Kier molecular flexibility index (Phi) is 2.99. The number of hydrogen-bond donors (Lipinski definition) is 2. The number of rotatable bonds is 1. The van der Waals surface area contributed by atoms with E-state index in [9.17, 15) is 10.5 Å². The fourth-order valence-corrected chi connectivity index (χ4v) is 5.89. The lowest BCUT2D eigenvalue weighted by molar-refractivity contribution is -0.583. The summed E-state index contributed by atoms with van der Waals surface area (Å²) in [5, 5.41) is 19.8. The van der Waals surface area contributed by atoms with Crippen LogP contribution in [-0.4, -0.2) is 23.3 Å². The lowest BCUT2D eigenvalue weighted by Crippen LogP contribution is -2.88. The number of benzene rings is 1. The van der Waals surface area contributed by atoms with Crippen molar-refractivity contribution in [3.8, 4) is 12.1 Å². The monoisotopic (exact) mass is 365 g/mol. The number of halogens is 2. The average Bonchev–Trinajstić information content (AvgIpc) is 2.77. The van der Waals surface area contributed by atoms with Gasteiger partial charge in [-0.2, -0.15) is 10.5 Å². The third-order valence-corrected chi connectivity index (χ3v) is 6.85. The highest BCUT2D eigenvalue weighted by atomic mass is 35.5. The zero-order chi connectivity index (χ0) is 16.5. The van der Waals surface area contributed by atoms with Crippen LogP contribution in [0.5, 0.6) is 0 Å². The number of nitrogens with zero attached hydrogens (tertiary/aromatic N) is 2. The van der Waals surface area contributed by atoms with Gasteiger partial charge in [-0.25, -0.2) is 4.99 Å². The zero-order valence-corrected chi connectivity index (χ0v) is 14.1. The summed E-state index contributed by atoms with van der Waals surface area (Å²) >= 11 is 13.8. The van der Waals surface area contributed by atoms with Crippen molar-refractivity contribution in [1.82, 2.24) is 0 Å². The number of amidine groups is 1. The van der Waals surface area contributed by atoms with E-state index in [1.807, 2.05) is 0 Å². The summed E-state index contributed by atoms with van der Waals surface area (Å²) in [4.78, 5) is 3.06. The minimum Gasteiger partial charge on any atom is -0.327 e. The highest BCUT2D eigenvalue weighted by Gasteiger charge is 2.96. The molecular formula is C15H11Cl2N4OS+. The molecule has 0 radical (unpaired) electrons. The number of ether oxygens (including phenoxy) is 1. The van der Waals surface area contributed by atoms with Crippen LogP contribution >= 0.6 is 35.0 Å². The van der Waals surface area contributed by atoms with E-state index in [1.165, 1.54) is 11.8 Å². The number of nitriles is 2. The summed E-state index contributed by atoms with van der Waals surface area (Å²) in [6.07, 6.45) is 0. The summed E-state index contributed by atoms with van der Waals surface area (Å²) in [6, 6.07) is 9.67. The van der Waals surface area contributed by atoms with Crippen LogP contribution in [-0.2, 0) is 4.74 Å². The average molecular weight is 366 g/mol. The van der Waals surface area contributed by atoms with Crippen LogP contribution in [0.4, 0.5) is 0 Å². The van der Waals surface area contributed by atoms with Crippen LogP contribution in [0.1, 0.15) is 11.5 Å². The second-order valence-corrected chi connectivity index (χ2v) is 7.91. The quantitative estimate of drug-likeness (QED) is 0.772. The summed E-state index contributed by atoms with van der Waals surface area (Å²) in [5.41, 5.74) is 4.58. The van der Waals surface area contributed by atoms with Crippen LogP contribution in [0.15, 0.2) is 18.2 Å². The van der Waals surface area contributed by atoms with Gasteiger partial charge in [0.15, 0.2) is 10.8 Å². The van der Waals surface area contributed by atoms with Crippen LogP contribution in [0.25, 0.3) is 0 Å². The van der Waals surface area contributed by atoms with Crippen molar-refractivity contribution in [2.75, 3.05) is 12.4 Å². The molecule has 8 heteroatoms. The van der Waals surface area contributed by atoms with E-state index in [0.29, 0.717) is 22.2 Å². The Hall–Kier alpha value is -1.44. The maximum absolute atomic E-state index is 10.0. The van der Waals surface area contributed by atoms with E-state index < -0.39 is 21.8 Å². The molecule has 1 aromatic rings. The molecule has 3 N–H and O–H groups in total. The molecule has 1 saturated heterocycles. The van der Waals surface area contributed by atoms with Crippen LogP contribution in [0, 0.1) is 33.5 Å². The van der Waals surface area contributed by atoms with Crippen molar-refractivity contribution in [2.45, 2.75) is 11.0 Å². The van der Waals surface area contributed by atoms with Gasteiger partial charge in [-0.15, -0.1) is 0 Å². The van der Waals surface area contributed by atoms with Crippen LogP contribution in [0.2, 0.25) is 10.0 Å². The molecule has 23 heavy (non-hydrogen) atoms. The number of nitrogens with one attached hydrogen (secondary N) is 1. The van der Waals surface area contributed by atoms with Crippen molar-refractivity contribution >= 4 is 40.8 Å². The summed E-state index contributed by atoms with van der Waals surface area (Å²) < 4.78 is 5.87. The standard InChI is InChI=1S/C15H10Cl2N4OS/c16-8-1-2-9(10(17)5-8)11-13(6-18)12(20)21-15(14(11,13)7-19)22-3-4-23-15/h1-2,5,11H,3-4H2,(H2,20,21)/p+1/t11-,13+,14+,15+/m0/s1. The van der Waals surface area contributed by atoms with Gasteiger partial charge in [0.25, 0.3) is 10.9 Å². The van der Waals surface area contributed by atoms with Crippen molar-refractivity contribution in [2.24, 2.45) is 16.6 Å². The van der Waals surface area contributed by atoms with Gasteiger partial charge in [0.1, 0.15) is 0 Å². The molecular weight excluding hydrogens is 355 g/mol. The van der Waals surface area contributed by atoms with E-state index in [1.54, 1.807) is 18.2 Å². The van der Waals surface area contributed by atoms with Crippen molar-refractivity contribution < 1.29 is 9.73 Å². The Balaban J connectivity index is 1.95. The highest BCUT2D eigenvalue weighted by Crippen LogP contribution is 2.81. The lowest BCUT2D eigenvalue weighted by atomic mass is 9.95. The van der Waals surface area contributed by atoms with Gasteiger partial charge >= 0.3 is 0 Å². The molecule has 3 aliphatic rings. The molecule has 1 spiro atoms. The Morgan fingerprint density at radius 2 is 2.13 bits per heavy atom. The molecule has 0 bridgehead atoms. The maximum atomic E-state index is 10.0. The molecule has 116 valence electrons. The predicted octanol–water partition coefficient (Wildman–Crippen LogP) is 0.979. The van der Waals surface area contributed by atoms with Gasteiger partial charge in [0, 0.05) is 21.7 Å². The summed E-state index contributed by atoms with van der Waals surface area (Å²) in [5.74, 6) is 0.542. The van der Waals surface area contributed by atoms with Crippen LogP contribution in [0.3, 0.4) is 0 Å². The van der Waals surface area contributed by atoms with Gasteiger partial charge in [-0.1, -0.05) is 41.0 Å². The second-order valence-electron chi connectivity index (χ2n) is 5.79. The molecule has 1 saturated carbocycles. The first kappa shape index (κ1) is 15.1. The van der Waals surface area contributed by atoms with E-state index in [2.05, 4.69) is 17.1 Å². The molecule has 4 atom stereocenters. The first-order chi connectivity index (χ1) is 11.0. The van der Waals surface area contributed by atoms with Gasteiger partial charge in [-0.05, 0) is 17.7 Å². The highest BCUT2D eigenvalue weighted by molar-refractivity contribution is 8.00. The molecule has 1 aromatic carbocycles. The minimum atomic E-state index is -1.16. The largest absolute Gasteiger partial charge is 0.327 e. The van der Waals surface area contributed by atoms with Crippen molar-refractivity contribution in [1.29, 1.82) is 10.5 Å². The van der Waals surface area contributed by atoms with Gasteiger partial charge in [-0.3, -0.25) is 5.73 Å². The topological polar surface area (TPSA) is 96.8 Å². The summed E-state index contributed by atoms with van der Waals surface area (Å²) in [6.45, 7) is 0.497. The Morgan fingerprint density at radius 1 is 1.35 bits per heavy atom. The van der Waals surface area contributed by atoms with Crippen molar-refractivity contribution in [3.05, 3.63) is 33.8 Å². The Labute approximate surface area is 147 Å². The molecule has 0 aromatic heterocycles. The van der Waals surface area contributed by atoms with Crippen LogP contribution < -0.4 is 10.7 Å². The molecule has 0 unspecified atom stereocenters. The second kappa shape index (κ2) is 4.55. The Morgan fingerprint density at radius 3 is 2.70 bits per heavy atom. The first-order valence-electron chi connectivity index (χ1n) is 6.95. The number of nitrogens with two attached hydrogens (primary N) is 1. The summed E-state index contributed by atoms with van der Waals surface area (Å²) in [7, 11) is 0. The first-order valence-corrected chi connectivity index (χ1v) is 8.70. The van der Waals surface area contributed by atoms with Gasteiger partial charge in [0.05, 0.1) is 18.7 Å². The lowest BCUT2D eigenvalue weighted by Gasteiger charge is -2.23. The fraction of sp³-hybridized carbons (Fsp3) is 0.400.